The number of amides is 1. The fraction of sp³-hybridized carbons (Fsp3) is 0.231. The number of nitrogens with zero attached hydrogens (tertiary/aromatic N) is 5. The van der Waals surface area contributed by atoms with Crippen LogP contribution in [0, 0.1) is 10.1 Å². The summed E-state index contributed by atoms with van der Waals surface area (Å²) in [6.45, 7) is 4.16. The molecule has 4 aromatic rings. The van der Waals surface area contributed by atoms with Gasteiger partial charge in [-0.1, -0.05) is 29.5 Å². The normalized spacial score (nSPS) is 14.0. The summed E-state index contributed by atoms with van der Waals surface area (Å²) in [5.41, 5.74) is 1.74. The van der Waals surface area contributed by atoms with Gasteiger partial charge in [-0.25, -0.2) is 13.4 Å². The summed E-state index contributed by atoms with van der Waals surface area (Å²) in [4.78, 5) is 32.3. The predicted molar refractivity (Wildman–Crippen MR) is 147 cm³/mol. The van der Waals surface area contributed by atoms with E-state index in [9.17, 15) is 23.3 Å². The summed E-state index contributed by atoms with van der Waals surface area (Å²) in [6, 6.07) is 19.6. The molecule has 2 heterocycles. The molecule has 0 aliphatic carbocycles. The number of nitro groups is 1. The number of rotatable bonds is 7. The summed E-state index contributed by atoms with van der Waals surface area (Å²) in [5, 5.41) is 11.8. The maximum Gasteiger partial charge on any atom is 0.270 e. The zero-order chi connectivity index (χ0) is 26.9. The molecule has 1 fully saturated rings. The Balaban J connectivity index is 1.25. The lowest BCUT2D eigenvalue weighted by Gasteiger charge is -2.34. The van der Waals surface area contributed by atoms with E-state index in [1.54, 1.807) is 54.3 Å². The van der Waals surface area contributed by atoms with Crippen molar-refractivity contribution in [3.05, 3.63) is 88.5 Å². The molecule has 1 aliphatic heterocycles. The van der Waals surface area contributed by atoms with Crippen molar-refractivity contribution >= 4 is 54.0 Å². The number of aromatic nitrogens is 1. The minimum atomic E-state index is -3.77. The zero-order valence-corrected chi connectivity index (χ0v) is 22.2. The zero-order valence-electron chi connectivity index (χ0n) is 20.6. The highest BCUT2D eigenvalue weighted by atomic mass is 32.2. The molecule has 1 aliphatic rings. The minimum Gasteiger partial charge on any atom is -0.345 e. The molecule has 38 heavy (non-hydrogen) atoms. The van der Waals surface area contributed by atoms with Crippen molar-refractivity contribution in [3.8, 4) is 0 Å². The van der Waals surface area contributed by atoms with Gasteiger partial charge in [-0.3, -0.25) is 19.2 Å². The average Bonchev–Trinajstić information content (AvgIpc) is 3.37. The van der Waals surface area contributed by atoms with E-state index in [0.717, 1.165) is 9.83 Å². The molecule has 12 heteroatoms. The molecule has 0 unspecified atom stereocenters. The number of hydrogen-bond acceptors (Lipinski definition) is 8. The maximum absolute atomic E-state index is 13.2. The number of nitro benzene ring substituents is 1. The van der Waals surface area contributed by atoms with Gasteiger partial charge in [-0.2, -0.15) is 0 Å². The molecule has 0 atom stereocenters. The summed E-state index contributed by atoms with van der Waals surface area (Å²) in [5.74, 6) is -0.163. The number of fused-ring (bicyclic) bond motifs is 1. The Kier molecular flexibility index (Phi) is 7.00. The first-order chi connectivity index (χ1) is 18.3. The number of hydrogen-bond donors (Lipinski definition) is 0. The highest BCUT2D eigenvalue weighted by Gasteiger charge is 2.26. The van der Waals surface area contributed by atoms with Gasteiger partial charge >= 0.3 is 0 Å². The van der Waals surface area contributed by atoms with Gasteiger partial charge in [0.05, 0.1) is 25.7 Å². The Hall–Kier alpha value is -4.03. The Morgan fingerprint density at radius 1 is 1.03 bits per heavy atom. The third kappa shape index (κ3) is 4.92. The van der Waals surface area contributed by atoms with Crippen molar-refractivity contribution in [2.75, 3.05) is 41.9 Å². The lowest BCUT2D eigenvalue weighted by molar-refractivity contribution is -0.384. The molecule has 3 aromatic carbocycles. The fourth-order valence-electron chi connectivity index (χ4n) is 4.42. The molecule has 1 saturated heterocycles. The van der Waals surface area contributed by atoms with Crippen LogP contribution in [0.1, 0.15) is 17.3 Å². The van der Waals surface area contributed by atoms with Crippen LogP contribution in [-0.4, -0.2) is 61.9 Å². The molecule has 196 valence electrons. The molecule has 1 amide bonds. The second-order valence-corrected chi connectivity index (χ2v) is 11.6. The monoisotopic (exact) mass is 551 g/mol. The van der Waals surface area contributed by atoms with Gasteiger partial charge in [0.15, 0.2) is 5.13 Å². The Bertz CT molecular complexity index is 1580. The number of benzene rings is 3. The van der Waals surface area contributed by atoms with Crippen LogP contribution in [0.25, 0.3) is 10.2 Å². The number of thiazole rings is 1. The quantitative estimate of drug-likeness (QED) is 0.247. The van der Waals surface area contributed by atoms with E-state index < -0.39 is 14.9 Å². The smallest absolute Gasteiger partial charge is 0.270 e. The fourth-order valence-corrected chi connectivity index (χ4v) is 6.94. The van der Waals surface area contributed by atoms with Crippen molar-refractivity contribution in [3.63, 3.8) is 0 Å². The van der Waals surface area contributed by atoms with Crippen LogP contribution < -0.4 is 9.21 Å². The van der Waals surface area contributed by atoms with Crippen LogP contribution in [0.3, 0.4) is 0 Å². The second kappa shape index (κ2) is 10.4. The molecule has 10 nitrogen and oxygen atoms in total. The molecule has 0 bridgehead atoms. The first kappa shape index (κ1) is 25.6. The number of sulfonamides is 1. The van der Waals surface area contributed by atoms with Crippen molar-refractivity contribution in [1.82, 2.24) is 9.88 Å². The van der Waals surface area contributed by atoms with Crippen molar-refractivity contribution in [1.29, 1.82) is 0 Å². The number of anilines is 2. The standard InChI is InChI=1S/C26H25N5O5S2/c1-2-30(20-6-4-3-5-7-20)38(35,36)22-11-8-19(9-12-22)25(32)28-14-16-29(17-15-28)26-27-23-13-10-21(31(33)34)18-24(23)37-26/h3-13,18H,2,14-17H2,1H3. The summed E-state index contributed by atoms with van der Waals surface area (Å²) in [7, 11) is -3.77. The van der Waals surface area contributed by atoms with Gasteiger partial charge in [0, 0.05) is 50.4 Å². The van der Waals surface area contributed by atoms with E-state index in [2.05, 4.69) is 9.88 Å². The number of non-ortho nitro benzene ring substituents is 1. The van der Waals surface area contributed by atoms with E-state index in [-0.39, 0.29) is 23.0 Å². The Morgan fingerprint density at radius 2 is 1.71 bits per heavy atom. The van der Waals surface area contributed by atoms with E-state index in [4.69, 9.17) is 0 Å². The van der Waals surface area contributed by atoms with Crippen LogP contribution >= 0.6 is 11.3 Å². The lowest BCUT2D eigenvalue weighted by atomic mass is 10.2. The Labute approximate surface area is 223 Å². The topological polar surface area (TPSA) is 117 Å². The summed E-state index contributed by atoms with van der Waals surface area (Å²) >= 11 is 1.39. The van der Waals surface area contributed by atoms with Crippen LogP contribution in [0.4, 0.5) is 16.5 Å². The first-order valence-corrected chi connectivity index (χ1v) is 14.3. The molecular formula is C26H25N5O5S2. The lowest BCUT2D eigenvalue weighted by Crippen LogP contribution is -2.48. The van der Waals surface area contributed by atoms with Crippen molar-refractivity contribution < 1.29 is 18.1 Å². The largest absolute Gasteiger partial charge is 0.345 e. The van der Waals surface area contributed by atoms with Crippen LogP contribution in [-0.2, 0) is 10.0 Å². The number of carbonyl (C=O) groups is 1. The maximum atomic E-state index is 13.2. The van der Waals surface area contributed by atoms with E-state index in [1.165, 1.54) is 39.9 Å². The van der Waals surface area contributed by atoms with Gasteiger partial charge < -0.3 is 9.80 Å². The molecule has 5 rings (SSSR count). The van der Waals surface area contributed by atoms with Gasteiger partial charge in [0.1, 0.15) is 0 Å². The van der Waals surface area contributed by atoms with Crippen molar-refractivity contribution in [2.45, 2.75) is 11.8 Å². The number of para-hydroxylation sites is 1. The predicted octanol–water partition coefficient (Wildman–Crippen LogP) is 4.38. The van der Waals surface area contributed by atoms with E-state index in [0.29, 0.717) is 42.9 Å². The van der Waals surface area contributed by atoms with Gasteiger partial charge in [0.2, 0.25) is 0 Å². The SMILES string of the molecule is CCN(c1ccccc1)S(=O)(=O)c1ccc(C(=O)N2CCN(c3nc4ccc([N+](=O)[O-])cc4s3)CC2)cc1. The molecule has 0 saturated carbocycles. The van der Waals surface area contributed by atoms with Crippen LogP contribution in [0.2, 0.25) is 0 Å². The average molecular weight is 552 g/mol. The van der Waals surface area contributed by atoms with Crippen LogP contribution in [0.5, 0.6) is 0 Å². The summed E-state index contributed by atoms with van der Waals surface area (Å²) in [6.07, 6.45) is 0. The molecule has 0 spiro atoms. The molecular weight excluding hydrogens is 526 g/mol. The van der Waals surface area contributed by atoms with Gasteiger partial charge in [-0.05, 0) is 49.4 Å². The summed E-state index contributed by atoms with van der Waals surface area (Å²) < 4.78 is 28.5. The third-order valence-corrected chi connectivity index (χ3v) is 9.43. The van der Waals surface area contributed by atoms with E-state index in [1.807, 2.05) is 6.07 Å². The first-order valence-electron chi connectivity index (χ1n) is 12.0. The van der Waals surface area contributed by atoms with Crippen LogP contribution in [0.15, 0.2) is 77.7 Å². The number of carbonyl (C=O) groups excluding carboxylic acids is 1. The molecule has 0 N–H and O–H groups in total. The highest BCUT2D eigenvalue weighted by Crippen LogP contribution is 2.32. The highest BCUT2D eigenvalue weighted by molar-refractivity contribution is 7.92. The number of piperazine rings is 1. The molecule has 0 radical (unpaired) electrons. The van der Waals surface area contributed by atoms with Gasteiger partial charge in [-0.15, -0.1) is 0 Å². The Morgan fingerprint density at radius 3 is 2.34 bits per heavy atom. The van der Waals surface area contributed by atoms with Crippen molar-refractivity contribution in [2.24, 2.45) is 0 Å². The second-order valence-electron chi connectivity index (χ2n) is 8.71. The van der Waals surface area contributed by atoms with E-state index >= 15 is 0 Å². The minimum absolute atomic E-state index is 0.0319. The van der Waals surface area contributed by atoms with Gasteiger partial charge in [0.25, 0.3) is 21.6 Å². The molecule has 1 aromatic heterocycles. The third-order valence-electron chi connectivity index (χ3n) is 6.43.